The van der Waals surface area contributed by atoms with Crippen LogP contribution >= 0.6 is 11.3 Å². The largest absolute Gasteiger partial charge is 0.480 e. The van der Waals surface area contributed by atoms with Crippen LogP contribution in [0.2, 0.25) is 0 Å². The summed E-state index contributed by atoms with van der Waals surface area (Å²) in [5.74, 6) is -1.01. The van der Waals surface area contributed by atoms with E-state index in [1.807, 2.05) is 37.4 Å². The average molecular weight is 583 g/mol. The smallest absolute Gasteiger partial charge is 0.329 e. The van der Waals surface area contributed by atoms with E-state index in [4.69, 9.17) is 0 Å². The van der Waals surface area contributed by atoms with E-state index in [1.54, 1.807) is 71.7 Å². The highest BCUT2D eigenvalue weighted by atomic mass is 32.1. The van der Waals surface area contributed by atoms with Crippen LogP contribution in [-0.2, 0) is 22.6 Å². The van der Waals surface area contributed by atoms with Crippen molar-refractivity contribution in [2.24, 2.45) is 0 Å². The molecule has 42 heavy (non-hydrogen) atoms. The molecule has 0 fully saturated rings. The van der Waals surface area contributed by atoms with Gasteiger partial charge in [-0.25, -0.2) is 4.79 Å². The maximum absolute atomic E-state index is 13.2. The van der Waals surface area contributed by atoms with Crippen LogP contribution in [0.3, 0.4) is 0 Å². The highest BCUT2D eigenvalue weighted by Gasteiger charge is 2.34. The molecule has 1 atom stereocenters. The van der Waals surface area contributed by atoms with Gasteiger partial charge < -0.3 is 15.3 Å². The molecule has 0 radical (unpaired) electrons. The van der Waals surface area contributed by atoms with Crippen molar-refractivity contribution < 1.29 is 19.5 Å². The van der Waals surface area contributed by atoms with Crippen LogP contribution in [0, 0.1) is 0 Å². The summed E-state index contributed by atoms with van der Waals surface area (Å²) in [5.41, 5.74) is 3.05. The molecule has 0 bridgehead atoms. The van der Waals surface area contributed by atoms with Crippen LogP contribution in [-0.4, -0.2) is 40.3 Å². The summed E-state index contributed by atoms with van der Waals surface area (Å²) in [6, 6.07) is 26.0. The van der Waals surface area contributed by atoms with Gasteiger partial charge in [0.05, 0.1) is 6.54 Å². The van der Waals surface area contributed by atoms with E-state index in [0.29, 0.717) is 29.8 Å². The van der Waals surface area contributed by atoms with E-state index in [0.717, 1.165) is 40.8 Å². The second-order valence-electron chi connectivity index (χ2n) is 10.9. The van der Waals surface area contributed by atoms with E-state index in [1.165, 1.54) is 0 Å². The van der Waals surface area contributed by atoms with Crippen molar-refractivity contribution in [2.45, 2.75) is 58.0 Å². The van der Waals surface area contributed by atoms with Crippen molar-refractivity contribution in [1.29, 1.82) is 0 Å². The SMILES string of the molecule is CCCCCC(=O)N(C)Cc1cc(-c2ccc(CC(C)(Nc3ccccc3C(=O)c3ccccc3)C(=O)O)cc2)cs1. The fourth-order valence-electron chi connectivity index (χ4n) is 4.88. The highest BCUT2D eigenvalue weighted by Crippen LogP contribution is 2.29. The molecule has 6 nitrogen and oxygen atoms in total. The minimum absolute atomic E-state index is 0.169. The van der Waals surface area contributed by atoms with Gasteiger partial charge in [0.1, 0.15) is 5.54 Å². The van der Waals surface area contributed by atoms with Crippen LogP contribution in [0.1, 0.15) is 65.9 Å². The Balaban J connectivity index is 1.45. The molecule has 4 aromatic rings. The number of benzene rings is 3. The number of thiophene rings is 1. The number of nitrogens with zero attached hydrogens (tertiary/aromatic N) is 1. The minimum atomic E-state index is -1.35. The predicted octanol–water partition coefficient (Wildman–Crippen LogP) is 7.68. The third-order valence-corrected chi connectivity index (χ3v) is 8.32. The number of rotatable bonds is 14. The van der Waals surface area contributed by atoms with Gasteiger partial charge in [0.25, 0.3) is 0 Å². The first-order valence-corrected chi connectivity index (χ1v) is 15.2. The van der Waals surface area contributed by atoms with Crippen molar-refractivity contribution in [2.75, 3.05) is 12.4 Å². The third-order valence-electron chi connectivity index (χ3n) is 7.40. The normalized spacial score (nSPS) is 12.4. The Bertz CT molecular complexity index is 1510. The molecule has 1 heterocycles. The first kappa shape index (κ1) is 30.7. The zero-order chi connectivity index (χ0) is 30.1. The summed E-state index contributed by atoms with van der Waals surface area (Å²) >= 11 is 1.63. The summed E-state index contributed by atoms with van der Waals surface area (Å²) in [6.07, 6.45) is 3.90. The second kappa shape index (κ2) is 14.1. The quantitative estimate of drug-likeness (QED) is 0.118. The number of hydrogen-bond acceptors (Lipinski definition) is 5. The fraction of sp³-hybridized carbons (Fsp3) is 0.286. The maximum atomic E-state index is 13.2. The van der Waals surface area contributed by atoms with Gasteiger partial charge in [-0.3, -0.25) is 9.59 Å². The lowest BCUT2D eigenvalue weighted by atomic mass is 9.90. The van der Waals surface area contributed by atoms with Gasteiger partial charge in [0.15, 0.2) is 5.78 Å². The molecule has 1 amide bonds. The maximum Gasteiger partial charge on any atom is 0.329 e. The number of anilines is 1. The molecule has 0 aliphatic carbocycles. The van der Waals surface area contributed by atoms with E-state index in [9.17, 15) is 19.5 Å². The number of para-hydroxylation sites is 1. The van der Waals surface area contributed by atoms with Crippen LogP contribution in [0.15, 0.2) is 90.3 Å². The average Bonchev–Trinajstić information content (AvgIpc) is 3.46. The molecule has 4 rings (SSSR count). The number of carbonyl (C=O) groups excluding carboxylic acids is 2. The molecule has 7 heteroatoms. The van der Waals surface area contributed by atoms with Crippen LogP contribution in [0.5, 0.6) is 0 Å². The second-order valence-corrected chi connectivity index (χ2v) is 11.9. The monoisotopic (exact) mass is 582 g/mol. The van der Waals surface area contributed by atoms with E-state index in [2.05, 4.69) is 23.7 Å². The number of aliphatic carboxylic acids is 1. The summed E-state index contributed by atoms with van der Waals surface area (Å²) in [4.78, 5) is 41.0. The Morgan fingerprint density at radius 1 is 0.905 bits per heavy atom. The van der Waals surface area contributed by atoms with Gasteiger partial charge >= 0.3 is 5.97 Å². The summed E-state index contributed by atoms with van der Waals surface area (Å²) in [6.45, 7) is 4.36. The Morgan fingerprint density at radius 3 is 2.29 bits per heavy atom. The molecule has 3 aromatic carbocycles. The van der Waals surface area contributed by atoms with E-state index < -0.39 is 11.5 Å². The first-order chi connectivity index (χ1) is 20.2. The van der Waals surface area contributed by atoms with Gasteiger partial charge in [0.2, 0.25) is 5.91 Å². The molecular weight excluding hydrogens is 544 g/mol. The fourth-order valence-corrected chi connectivity index (χ4v) is 5.83. The van der Waals surface area contributed by atoms with Crippen LogP contribution in [0.25, 0.3) is 11.1 Å². The van der Waals surface area contributed by atoms with E-state index >= 15 is 0 Å². The minimum Gasteiger partial charge on any atom is -0.480 e. The zero-order valence-electron chi connectivity index (χ0n) is 24.4. The van der Waals surface area contributed by atoms with Gasteiger partial charge in [-0.2, -0.15) is 0 Å². The molecule has 1 unspecified atom stereocenters. The van der Waals surface area contributed by atoms with Crippen molar-refractivity contribution in [3.8, 4) is 11.1 Å². The lowest BCUT2D eigenvalue weighted by Gasteiger charge is -2.29. The molecule has 0 aliphatic rings. The molecule has 1 aromatic heterocycles. The Labute approximate surface area is 252 Å². The third kappa shape index (κ3) is 7.74. The lowest BCUT2D eigenvalue weighted by Crippen LogP contribution is -2.45. The summed E-state index contributed by atoms with van der Waals surface area (Å²) in [5, 5.41) is 15.5. The van der Waals surface area contributed by atoms with Crippen molar-refractivity contribution in [1.82, 2.24) is 4.90 Å². The van der Waals surface area contributed by atoms with Crippen molar-refractivity contribution >= 4 is 34.7 Å². The summed E-state index contributed by atoms with van der Waals surface area (Å²) in [7, 11) is 1.85. The molecule has 0 aliphatic heterocycles. The number of carboxylic acids is 1. The Hall–Kier alpha value is -4.23. The van der Waals surface area contributed by atoms with Crippen molar-refractivity contribution in [3.05, 3.63) is 112 Å². The first-order valence-electron chi connectivity index (χ1n) is 14.3. The van der Waals surface area contributed by atoms with Crippen molar-refractivity contribution in [3.63, 3.8) is 0 Å². The van der Waals surface area contributed by atoms with Gasteiger partial charge in [-0.1, -0.05) is 86.5 Å². The van der Waals surface area contributed by atoms with E-state index in [-0.39, 0.29) is 18.1 Å². The Kier molecular flexibility index (Phi) is 10.3. The standard InChI is InChI=1S/C35H38N2O4S/c1-4-5-7-16-32(38)37(3)23-29-21-28(24-42-29)26-19-17-25(18-20-26)22-35(2,34(40)41)36-31-15-11-10-14-30(31)33(39)27-12-8-6-9-13-27/h6,8-15,17-21,24,36H,4-5,7,16,22-23H2,1-3H3,(H,40,41). The number of amides is 1. The van der Waals surface area contributed by atoms with Crippen LogP contribution in [0.4, 0.5) is 5.69 Å². The van der Waals surface area contributed by atoms with Gasteiger partial charge in [-0.15, -0.1) is 11.3 Å². The number of carbonyl (C=O) groups is 3. The number of hydrogen-bond donors (Lipinski definition) is 2. The number of ketones is 1. The number of nitrogens with one attached hydrogen (secondary N) is 1. The highest BCUT2D eigenvalue weighted by molar-refractivity contribution is 7.10. The molecule has 0 saturated heterocycles. The molecule has 2 N–H and O–H groups in total. The van der Waals surface area contributed by atoms with Gasteiger partial charge in [0, 0.05) is 41.6 Å². The molecular formula is C35H38N2O4S. The number of carboxylic acid groups (broad SMARTS) is 1. The zero-order valence-corrected chi connectivity index (χ0v) is 25.2. The summed E-state index contributed by atoms with van der Waals surface area (Å²) < 4.78 is 0. The predicted molar refractivity (Wildman–Crippen MR) is 170 cm³/mol. The molecule has 218 valence electrons. The lowest BCUT2D eigenvalue weighted by molar-refractivity contribution is -0.141. The number of unbranched alkanes of at least 4 members (excludes halogenated alkanes) is 2. The van der Waals surface area contributed by atoms with Gasteiger partial charge in [-0.05, 0) is 53.6 Å². The molecule has 0 saturated carbocycles. The molecule has 0 spiro atoms. The Morgan fingerprint density at radius 2 is 1.60 bits per heavy atom. The van der Waals surface area contributed by atoms with Crippen LogP contribution < -0.4 is 5.32 Å². The topological polar surface area (TPSA) is 86.7 Å².